The largest absolute Gasteiger partial charge is 0.507 e. The van der Waals surface area contributed by atoms with Crippen molar-refractivity contribution in [3.05, 3.63) is 79.8 Å². The molecule has 162 valence electrons. The van der Waals surface area contributed by atoms with Crippen LogP contribution in [0.25, 0.3) is 5.76 Å². The molecule has 2 aromatic carbocycles. The van der Waals surface area contributed by atoms with Crippen molar-refractivity contribution in [1.29, 1.82) is 0 Å². The molecule has 1 unspecified atom stereocenters. The fraction of sp³-hybridized carbons (Fsp3) is 0.238. The molecule has 1 atom stereocenters. The van der Waals surface area contributed by atoms with Gasteiger partial charge in [0.15, 0.2) is 0 Å². The number of nitro benzene ring substituents is 1. The van der Waals surface area contributed by atoms with Crippen molar-refractivity contribution in [2.75, 3.05) is 26.4 Å². The number of hydrogen-bond donors (Lipinski definition) is 2. The Hall–Kier alpha value is -3.08. The number of ether oxygens (including phenoxy) is 1. The maximum atomic E-state index is 12.9. The number of hydrogen-bond acceptors (Lipinski definition) is 7. The number of benzene rings is 2. The number of Topliss-reactive ketones (excluding diaryl/α,β-unsaturated/α-hetero) is 1. The molecule has 1 aliphatic heterocycles. The van der Waals surface area contributed by atoms with E-state index in [1.54, 1.807) is 24.3 Å². The number of aliphatic hydroxyl groups excluding tert-OH is 2. The van der Waals surface area contributed by atoms with E-state index < -0.39 is 28.4 Å². The number of nitrogens with zero attached hydrogens (tertiary/aromatic N) is 2. The quantitative estimate of drug-likeness (QED) is 0.145. The summed E-state index contributed by atoms with van der Waals surface area (Å²) in [5.41, 5.74) is 0.500. The van der Waals surface area contributed by atoms with Gasteiger partial charge in [-0.15, -0.1) is 0 Å². The summed E-state index contributed by atoms with van der Waals surface area (Å²) in [5, 5.41) is 30.6. The molecule has 31 heavy (non-hydrogen) atoms. The third-order valence-electron chi connectivity index (χ3n) is 4.77. The second-order valence-electron chi connectivity index (χ2n) is 6.69. The van der Waals surface area contributed by atoms with Crippen LogP contribution in [0.5, 0.6) is 0 Å². The molecule has 0 bridgehead atoms. The van der Waals surface area contributed by atoms with Gasteiger partial charge in [-0.05, 0) is 29.8 Å². The molecule has 1 amide bonds. The van der Waals surface area contributed by atoms with Gasteiger partial charge < -0.3 is 19.8 Å². The third kappa shape index (κ3) is 4.82. The lowest BCUT2D eigenvalue weighted by molar-refractivity contribution is -0.384. The lowest BCUT2D eigenvalue weighted by Gasteiger charge is -2.25. The maximum absolute atomic E-state index is 12.9. The SMILES string of the molecule is O=C1C(=O)N(CCOCCO)C(c2cccc(Br)c2)/C1=C(/O)c1ccc([N+](=O)[O-])cc1. The first kappa shape index (κ1) is 22.6. The fourth-order valence-corrected chi connectivity index (χ4v) is 3.78. The Kier molecular flexibility index (Phi) is 7.16. The first-order chi connectivity index (χ1) is 14.8. The first-order valence-corrected chi connectivity index (χ1v) is 10.1. The highest BCUT2D eigenvalue weighted by Crippen LogP contribution is 2.40. The van der Waals surface area contributed by atoms with Crippen LogP contribution in [0.2, 0.25) is 0 Å². The number of amides is 1. The van der Waals surface area contributed by atoms with Gasteiger partial charge in [-0.1, -0.05) is 28.1 Å². The summed E-state index contributed by atoms with van der Waals surface area (Å²) in [6.07, 6.45) is 0. The summed E-state index contributed by atoms with van der Waals surface area (Å²) in [7, 11) is 0. The molecule has 0 aromatic heterocycles. The van der Waals surface area contributed by atoms with Crippen molar-refractivity contribution in [3.8, 4) is 0 Å². The van der Waals surface area contributed by atoms with Gasteiger partial charge in [0.25, 0.3) is 17.4 Å². The number of aliphatic hydroxyl groups is 2. The molecule has 0 saturated carbocycles. The Bertz CT molecular complexity index is 1040. The van der Waals surface area contributed by atoms with Gasteiger partial charge in [-0.3, -0.25) is 19.7 Å². The summed E-state index contributed by atoms with van der Waals surface area (Å²) >= 11 is 3.37. The number of halogens is 1. The molecule has 9 nitrogen and oxygen atoms in total. The average Bonchev–Trinajstić information content (AvgIpc) is 3.01. The molecule has 0 spiro atoms. The summed E-state index contributed by atoms with van der Waals surface area (Å²) < 4.78 is 5.97. The summed E-state index contributed by atoms with van der Waals surface area (Å²) in [4.78, 5) is 37.2. The summed E-state index contributed by atoms with van der Waals surface area (Å²) in [5.74, 6) is -2.07. The van der Waals surface area contributed by atoms with Crippen molar-refractivity contribution < 1.29 is 29.5 Å². The Morgan fingerprint density at radius 2 is 1.87 bits per heavy atom. The minimum atomic E-state index is -0.870. The van der Waals surface area contributed by atoms with Gasteiger partial charge >= 0.3 is 0 Å². The number of carbonyl (C=O) groups is 2. The zero-order valence-corrected chi connectivity index (χ0v) is 17.8. The lowest BCUT2D eigenvalue weighted by Crippen LogP contribution is -2.33. The van der Waals surface area contributed by atoms with E-state index in [-0.39, 0.29) is 43.2 Å². The van der Waals surface area contributed by atoms with E-state index in [0.29, 0.717) is 5.56 Å². The predicted molar refractivity (Wildman–Crippen MR) is 114 cm³/mol. The average molecular weight is 491 g/mol. The monoisotopic (exact) mass is 490 g/mol. The predicted octanol–water partition coefficient (Wildman–Crippen LogP) is 2.79. The topological polar surface area (TPSA) is 130 Å². The van der Waals surface area contributed by atoms with Gasteiger partial charge in [0.05, 0.1) is 36.4 Å². The van der Waals surface area contributed by atoms with Crippen LogP contribution in [0.15, 0.2) is 58.6 Å². The van der Waals surface area contributed by atoms with Gasteiger partial charge in [0, 0.05) is 28.7 Å². The van der Waals surface area contributed by atoms with E-state index >= 15 is 0 Å². The number of ketones is 1. The minimum absolute atomic E-state index is 0.0682. The highest BCUT2D eigenvalue weighted by atomic mass is 79.9. The van der Waals surface area contributed by atoms with Crippen molar-refractivity contribution in [3.63, 3.8) is 0 Å². The molecular formula is C21H19BrN2O7. The van der Waals surface area contributed by atoms with Crippen molar-refractivity contribution in [2.24, 2.45) is 0 Å². The highest BCUT2D eigenvalue weighted by Gasteiger charge is 2.45. The fourth-order valence-electron chi connectivity index (χ4n) is 3.36. The molecule has 2 N–H and O–H groups in total. The maximum Gasteiger partial charge on any atom is 0.295 e. The van der Waals surface area contributed by atoms with E-state index in [0.717, 1.165) is 4.47 Å². The van der Waals surface area contributed by atoms with Crippen LogP contribution < -0.4 is 0 Å². The molecule has 3 rings (SSSR count). The molecule has 1 fully saturated rings. The first-order valence-electron chi connectivity index (χ1n) is 9.32. The van der Waals surface area contributed by atoms with Crippen molar-refractivity contribution >= 4 is 39.1 Å². The van der Waals surface area contributed by atoms with E-state index in [1.165, 1.54) is 29.2 Å². The van der Waals surface area contributed by atoms with E-state index in [4.69, 9.17) is 9.84 Å². The molecular weight excluding hydrogens is 472 g/mol. The standard InChI is InChI=1S/C21H19BrN2O7/c22-15-3-1-2-14(12-15)18-17(19(26)13-4-6-16(7-5-13)24(29)30)20(27)21(28)23(18)8-10-31-11-9-25/h1-7,12,18,25-26H,8-11H2/b19-17-. The van der Waals surface area contributed by atoms with Crippen molar-refractivity contribution in [2.45, 2.75) is 6.04 Å². The molecule has 2 aromatic rings. The zero-order chi connectivity index (χ0) is 22.5. The minimum Gasteiger partial charge on any atom is -0.507 e. The zero-order valence-electron chi connectivity index (χ0n) is 16.2. The second kappa shape index (κ2) is 9.82. The van der Waals surface area contributed by atoms with Crippen LogP contribution in [-0.4, -0.2) is 58.1 Å². The van der Waals surface area contributed by atoms with E-state index in [9.17, 15) is 24.8 Å². The number of rotatable bonds is 8. The molecule has 1 saturated heterocycles. The molecule has 1 heterocycles. The Labute approximate surface area is 185 Å². The molecule has 0 radical (unpaired) electrons. The van der Waals surface area contributed by atoms with Gasteiger partial charge in [0.2, 0.25) is 0 Å². The summed E-state index contributed by atoms with van der Waals surface area (Å²) in [6, 6.07) is 11.2. The number of carbonyl (C=O) groups excluding carboxylic acids is 2. The third-order valence-corrected chi connectivity index (χ3v) is 5.26. The van der Waals surface area contributed by atoms with E-state index in [2.05, 4.69) is 15.9 Å². The summed E-state index contributed by atoms with van der Waals surface area (Å²) in [6.45, 7) is 0.0801. The van der Waals surface area contributed by atoms with Crippen molar-refractivity contribution in [1.82, 2.24) is 4.90 Å². The van der Waals surface area contributed by atoms with Gasteiger partial charge in [-0.2, -0.15) is 0 Å². The van der Waals surface area contributed by atoms with Gasteiger partial charge in [0.1, 0.15) is 5.76 Å². The van der Waals surface area contributed by atoms with Gasteiger partial charge in [-0.25, -0.2) is 0 Å². The lowest BCUT2D eigenvalue weighted by atomic mass is 9.95. The number of likely N-dealkylation sites (tertiary alicyclic amines) is 1. The molecule has 0 aliphatic carbocycles. The number of non-ortho nitro benzene ring substituents is 1. The Morgan fingerprint density at radius 1 is 1.16 bits per heavy atom. The Balaban J connectivity index is 2.06. The van der Waals surface area contributed by atoms with Crippen LogP contribution in [0, 0.1) is 10.1 Å². The number of nitro groups is 1. The van der Waals surface area contributed by atoms with Crippen LogP contribution in [-0.2, 0) is 14.3 Å². The molecule has 1 aliphatic rings. The smallest absolute Gasteiger partial charge is 0.295 e. The second-order valence-corrected chi connectivity index (χ2v) is 7.60. The normalized spacial score (nSPS) is 17.9. The van der Waals surface area contributed by atoms with Crippen LogP contribution >= 0.6 is 15.9 Å². The van der Waals surface area contributed by atoms with Crippen LogP contribution in [0.4, 0.5) is 5.69 Å². The molecule has 10 heteroatoms. The highest BCUT2D eigenvalue weighted by molar-refractivity contribution is 9.10. The Morgan fingerprint density at radius 3 is 2.48 bits per heavy atom. The van der Waals surface area contributed by atoms with E-state index in [1.807, 2.05) is 0 Å². The van der Waals surface area contributed by atoms with Crippen LogP contribution in [0.3, 0.4) is 0 Å². The van der Waals surface area contributed by atoms with Crippen LogP contribution in [0.1, 0.15) is 17.2 Å².